The van der Waals surface area contributed by atoms with Crippen molar-refractivity contribution in [3.05, 3.63) is 94.5 Å². The molecule has 0 saturated carbocycles. The average molecular weight is 559 g/mol. The first-order valence-electron chi connectivity index (χ1n) is 10.5. The van der Waals surface area contributed by atoms with Crippen molar-refractivity contribution in [1.82, 2.24) is 15.3 Å². The Morgan fingerprint density at radius 2 is 1.75 bits per heavy atom. The van der Waals surface area contributed by atoms with Gasteiger partial charge in [-0.15, -0.1) is 0 Å². The number of benzene rings is 2. The van der Waals surface area contributed by atoms with Gasteiger partial charge in [-0.1, -0.05) is 28.1 Å². The van der Waals surface area contributed by atoms with Crippen LogP contribution in [0.4, 0.5) is 18.9 Å². The molecule has 0 radical (unpaired) electrons. The third kappa shape index (κ3) is 5.74. The molecule has 2 heterocycles. The number of amides is 2. The zero-order valence-corrected chi connectivity index (χ0v) is 20.2. The first-order valence-corrected chi connectivity index (χ1v) is 11.3. The molecule has 0 bridgehead atoms. The summed E-state index contributed by atoms with van der Waals surface area (Å²) >= 11 is 2.88. The Kier molecular flexibility index (Phi) is 7.11. The van der Waals surface area contributed by atoms with Crippen LogP contribution >= 0.6 is 15.9 Å². The number of H-pyrrole nitrogens is 1. The molecule has 3 N–H and O–H groups in total. The van der Waals surface area contributed by atoms with Crippen LogP contribution in [0.1, 0.15) is 26.5 Å². The maximum Gasteiger partial charge on any atom is 0.417 e. The lowest BCUT2D eigenvalue weighted by molar-refractivity contribution is -0.138. The van der Waals surface area contributed by atoms with E-state index in [2.05, 4.69) is 36.5 Å². The normalized spacial score (nSPS) is 11.1. The molecule has 4 aromatic rings. The summed E-state index contributed by atoms with van der Waals surface area (Å²) in [7, 11) is 1.51. The molecule has 0 aliphatic rings. The van der Waals surface area contributed by atoms with E-state index in [1.165, 1.54) is 31.4 Å². The van der Waals surface area contributed by atoms with Gasteiger partial charge in [0.05, 0.1) is 5.56 Å². The summed E-state index contributed by atoms with van der Waals surface area (Å²) in [5.41, 5.74) is 0.888. The van der Waals surface area contributed by atoms with Crippen molar-refractivity contribution in [2.45, 2.75) is 6.18 Å². The van der Waals surface area contributed by atoms with Gasteiger partial charge in [0, 0.05) is 41.2 Å². The molecule has 2 amide bonds. The highest BCUT2D eigenvalue weighted by Gasteiger charge is 2.33. The predicted molar refractivity (Wildman–Crippen MR) is 131 cm³/mol. The van der Waals surface area contributed by atoms with Crippen molar-refractivity contribution in [1.29, 1.82) is 0 Å². The second kappa shape index (κ2) is 10.2. The third-order valence-corrected chi connectivity index (χ3v) is 5.74. The van der Waals surface area contributed by atoms with Crippen LogP contribution < -0.4 is 15.4 Å². The van der Waals surface area contributed by atoms with Gasteiger partial charge in [0.2, 0.25) is 0 Å². The maximum absolute atomic E-state index is 13.1. The molecule has 184 valence electrons. The summed E-state index contributed by atoms with van der Waals surface area (Å²) in [6.45, 7) is 0. The predicted octanol–water partition coefficient (Wildman–Crippen LogP) is 6.26. The summed E-state index contributed by atoms with van der Waals surface area (Å²) in [6, 6.07) is 15.2. The molecule has 7 nitrogen and oxygen atoms in total. The molecule has 0 aliphatic carbocycles. The van der Waals surface area contributed by atoms with E-state index in [9.17, 15) is 22.8 Å². The van der Waals surface area contributed by atoms with Crippen molar-refractivity contribution in [3.63, 3.8) is 0 Å². The minimum atomic E-state index is -4.56. The first-order chi connectivity index (χ1) is 17.1. The van der Waals surface area contributed by atoms with Gasteiger partial charge in [-0.2, -0.15) is 13.2 Å². The number of halogens is 4. The van der Waals surface area contributed by atoms with Gasteiger partial charge in [-0.05, 0) is 48.0 Å². The number of anilines is 1. The molecule has 0 saturated heterocycles. The molecule has 0 aliphatic heterocycles. The van der Waals surface area contributed by atoms with Crippen LogP contribution in [-0.2, 0) is 6.18 Å². The van der Waals surface area contributed by atoms with E-state index in [-0.39, 0.29) is 27.5 Å². The molecule has 0 fully saturated rings. The van der Waals surface area contributed by atoms with E-state index >= 15 is 0 Å². The van der Waals surface area contributed by atoms with Crippen molar-refractivity contribution in [2.75, 3.05) is 12.4 Å². The first kappa shape index (κ1) is 25.0. The number of pyridine rings is 1. The number of rotatable bonds is 6. The average Bonchev–Trinajstić information content (AvgIpc) is 3.35. The lowest BCUT2D eigenvalue weighted by Crippen LogP contribution is -2.18. The fourth-order valence-electron chi connectivity index (χ4n) is 3.31. The van der Waals surface area contributed by atoms with E-state index in [4.69, 9.17) is 4.74 Å². The Morgan fingerprint density at radius 3 is 2.50 bits per heavy atom. The summed E-state index contributed by atoms with van der Waals surface area (Å²) < 4.78 is 45.2. The third-order valence-electron chi connectivity index (χ3n) is 5.05. The quantitative estimate of drug-likeness (QED) is 0.260. The summed E-state index contributed by atoms with van der Waals surface area (Å²) in [5, 5.41) is 4.97. The summed E-state index contributed by atoms with van der Waals surface area (Å²) in [6.07, 6.45) is -1.50. The largest absolute Gasteiger partial charge is 0.457 e. The smallest absolute Gasteiger partial charge is 0.417 e. The fraction of sp³-hybridized carbons (Fsp3) is 0.0800. The number of hydrogen-bond donors (Lipinski definition) is 3. The van der Waals surface area contributed by atoms with E-state index in [0.717, 1.165) is 11.6 Å². The fourth-order valence-corrected chi connectivity index (χ4v) is 3.78. The van der Waals surface area contributed by atoms with E-state index in [1.54, 1.807) is 36.5 Å². The van der Waals surface area contributed by atoms with Crippen LogP contribution in [-0.4, -0.2) is 28.8 Å². The minimum Gasteiger partial charge on any atom is -0.457 e. The van der Waals surface area contributed by atoms with Gasteiger partial charge in [-0.3, -0.25) is 14.6 Å². The molecule has 0 unspecified atom stereocenters. The summed E-state index contributed by atoms with van der Waals surface area (Å²) in [4.78, 5) is 31.2. The number of nitrogens with one attached hydrogen (secondary N) is 3. The van der Waals surface area contributed by atoms with Crippen molar-refractivity contribution in [2.24, 2.45) is 0 Å². The van der Waals surface area contributed by atoms with Crippen LogP contribution in [0.15, 0.2) is 77.5 Å². The number of aromatic nitrogens is 2. The molecule has 11 heteroatoms. The highest BCUT2D eigenvalue weighted by Crippen LogP contribution is 2.36. The molecule has 0 spiro atoms. The SMILES string of the molecule is CNC(=O)c1cc(Oc2cccc(-c3c[nH]c(C(=O)Nc4ccc(Br)c(C(F)(F)F)c4)c3)c2)ccn1. The zero-order valence-electron chi connectivity index (χ0n) is 18.6. The monoisotopic (exact) mass is 558 g/mol. The second-order valence-electron chi connectivity index (χ2n) is 7.53. The summed E-state index contributed by atoms with van der Waals surface area (Å²) in [5.74, 6) is -0.0291. The van der Waals surface area contributed by atoms with Gasteiger partial charge in [0.15, 0.2) is 0 Å². The second-order valence-corrected chi connectivity index (χ2v) is 8.39. The van der Waals surface area contributed by atoms with Crippen LogP contribution in [0.5, 0.6) is 11.5 Å². The standard InChI is InChI=1S/C25H18BrF3N4O3/c1-30-23(34)22-12-18(7-8-31-22)36-17-4-2-3-14(9-17)15-10-21(32-13-15)24(35)33-16-5-6-20(26)19(11-16)25(27,28)29/h2-13,32H,1H3,(H,30,34)(H,33,35). The molecule has 0 atom stereocenters. The van der Waals surface area contributed by atoms with Crippen molar-refractivity contribution in [3.8, 4) is 22.6 Å². The highest BCUT2D eigenvalue weighted by molar-refractivity contribution is 9.10. The van der Waals surface area contributed by atoms with Crippen molar-refractivity contribution >= 4 is 33.4 Å². The molecule has 2 aromatic carbocycles. The Hall–Kier alpha value is -4.12. The van der Waals surface area contributed by atoms with Crippen LogP contribution in [0.3, 0.4) is 0 Å². The van der Waals surface area contributed by atoms with Crippen LogP contribution in [0.25, 0.3) is 11.1 Å². The number of hydrogen-bond acceptors (Lipinski definition) is 4. The van der Waals surface area contributed by atoms with Crippen LogP contribution in [0.2, 0.25) is 0 Å². The molecule has 36 heavy (non-hydrogen) atoms. The zero-order chi connectivity index (χ0) is 25.9. The van der Waals surface area contributed by atoms with Gasteiger partial charge in [0.1, 0.15) is 22.9 Å². The number of aromatic amines is 1. The number of carbonyl (C=O) groups excluding carboxylic acids is 2. The molecular weight excluding hydrogens is 541 g/mol. The lowest BCUT2D eigenvalue weighted by atomic mass is 10.1. The number of nitrogens with zero attached hydrogens (tertiary/aromatic N) is 1. The molecule has 4 rings (SSSR count). The number of carbonyl (C=O) groups is 2. The van der Waals surface area contributed by atoms with Crippen LogP contribution in [0, 0.1) is 0 Å². The maximum atomic E-state index is 13.1. The van der Waals surface area contributed by atoms with E-state index in [0.29, 0.717) is 17.1 Å². The highest BCUT2D eigenvalue weighted by atomic mass is 79.9. The molecule has 2 aromatic heterocycles. The Bertz CT molecular complexity index is 1440. The number of ether oxygens (including phenoxy) is 1. The van der Waals surface area contributed by atoms with Gasteiger partial charge >= 0.3 is 6.18 Å². The Labute approximate surface area is 211 Å². The van der Waals surface area contributed by atoms with Crippen molar-refractivity contribution < 1.29 is 27.5 Å². The lowest BCUT2D eigenvalue weighted by Gasteiger charge is -2.11. The number of alkyl halides is 3. The topological polar surface area (TPSA) is 96.1 Å². The van der Waals surface area contributed by atoms with Gasteiger partial charge in [-0.25, -0.2) is 0 Å². The Morgan fingerprint density at radius 1 is 0.972 bits per heavy atom. The Balaban J connectivity index is 1.50. The van der Waals surface area contributed by atoms with E-state index in [1.807, 2.05) is 6.07 Å². The minimum absolute atomic E-state index is 0.00977. The van der Waals surface area contributed by atoms with E-state index < -0.39 is 17.6 Å². The van der Waals surface area contributed by atoms with Gasteiger partial charge in [0.25, 0.3) is 11.8 Å². The molecular formula is C25H18BrF3N4O3. The van der Waals surface area contributed by atoms with Gasteiger partial charge < -0.3 is 20.4 Å².